The Morgan fingerprint density at radius 3 is 2.64 bits per heavy atom. The number of hydrogen-bond acceptors (Lipinski definition) is 3. The Morgan fingerprint density at radius 2 is 2.18 bits per heavy atom. The summed E-state index contributed by atoms with van der Waals surface area (Å²) in [6.07, 6.45) is 1.40. The molecule has 0 spiro atoms. The van der Waals surface area contributed by atoms with E-state index in [2.05, 4.69) is 16.0 Å². The second kappa shape index (κ2) is 4.94. The van der Waals surface area contributed by atoms with Gasteiger partial charge in [-0.15, -0.1) is 5.92 Å². The van der Waals surface area contributed by atoms with Gasteiger partial charge in [-0.3, -0.25) is 4.18 Å². The van der Waals surface area contributed by atoms with Crippen molar-refractivity contribution >= 4 is 10.1 Å². The zero-order chi connectivity index (χ0) is 8.74. The van der Waals surface area contributed by atoms with Crippen molar-refractivity contribution < 1.29 is 12.6 Å². The van der Waals surface area contributed by atoms with Crippen molar-refractivity contribution in [3.05, 3.63) is 11.5 Å². The monoisotopic (exact) mass is 174 g/mol. The zero-order valence-corrected chi connectivity index (χ0v) is 7.31. The van der Waals surface area contributed by atoms with E-state index in [1.54, 1.807) is 13.8 Å². The van der Waals surface area contributed by atoms with E-state index in [9.17, 15) is 8.42 Å². The van der Waals surface area contributed by atoms with Gasteiger partial charge < -0.3 is 0 Å². The molecule has 0 unspecified atom stereocenters. The molecule has 0 bridgehead atoms. The van der Waals surface area contributed by atoms with Crippen molar-refractivity contribution in [1.82, 2.24) is 0 Å². The van der Waals surface area contributed by atoms with E-state index in [0.717, 1.165) is 5.41 Å². The minimum absolute atomic E-state index is 0.0802. The average molecular weight is 174 g/mol. The highest BCUT2D eigenvalue weighted by Gasteiger charge is 2.01. The first-order chi connectivity index (χ1) is 5.12. The van der Waals surface area contributed by atoms with Gasteiger partial charge in [0.2, 0.25) is 0 Å². The van der Waals surface area contributed by atoms with Crippen LogP contribution in [0.5, 0.6) is 0 Å². The number of hydrogen-bond donors (Lipinski definition) is 0. The molecule has 0 aliphatic carbocycles. The second-order valence-electron chi connectivity index (χ2n) is 1.65. The lowest BCUT2D eigenvalue weighted by Crippen LogP contribution is -2.01. The molecule has 0 aromatic heterocycles. The van der Waals surface area contributed by atoms with Crippen LogP contribution in [-0.2, 0) is 14.3 Å². The summed E-state index contributed by atoms with van der Waals surface area (Å²) in [5.41, 5.74) is 0. The van der Waals surface area contributed by atoms with Crippen molar-refractivity contribution in [1.29, 1.82) is 0 Å². The Balaban J connectivity index is 4.01. The van der Waals surface area contributed by atoms with Crippen molar-refractivity contribution in [2.45, 2.75) is 13.8 Å². The average Bonchev–Trinajstić information content (AvgIpc) is 1.87. The summed E-state index contributed by atoms with van der Waals surface area (Å²) < 4.78 is 25.9. The SMILES string of the molecule is CC#CCOS(=O)(=O)/C=C/C. The van der Waals surface area contributed by atoms with Gasteiger partial charge in [0.15, 0.2) is 0 Å². The lowest BCUT2D eigenvalue weighted by molar-refractivity contribution is 0.370. The second-order valence-corrected chi connectivity index (χ2v) is 3.14. The highest BCUT2D eigenvalue weighted by molar-refractivity contribution is 7.89. The van der Waals surface area contributed by atoms with E-state index in [1.165, 1.54) is 6.08 Å². The summed E-state index contributed by atoms with van der Waals surface area (Å²) in [7, 11) is -3.49. The predicted octanol–water partition coefficient (Wildman–Crippen LogP) is 0.890. The van der Waals surface area contributed by atoms with E-state index in [1.807, 2.05) is 0 Å². The normalized spacial score (nSPS) is 11.1. The summed E-state index contributed by atoms with van der Waals surface area (Å²) in [5.74, 6) is 5.00. The van der Waals surface area contributed by atoms with E-state index in [0.29, 0.717) is 0 Å². The molecule has 0 heterocycles. The summed E-state index contributed by atoms with van der Waals surface area (Å²) >= 11 is 0. The first-order valence-corrected chi connectivity index (χ1v) is 4.51. The topological polar surface area (TPSA) is 43.4 Å². The molecule has 0 rings (SSSR count). The molecule has 0 atom stereocenters. The molecule has 0 aromatic carbocycles. The number of rotatable bonds is 3. The third-order valence-electron chi connectivity index (χ3n) is 0.775. The van der Waals surface area contributed by atoms with E-state index >= 15 is 0 Å². The zero-order valence-electron chi connectivity index (χ0n) is 6.49. The Morgan fingerprint density at radius 1 is 1.55 bits per heavy atom. The first-order valence-electron chi connectivity index (χ1n) is 3.04. The molecule has 0 radical (unpaired) electrons. The fraction of sp³-hybridized carbons (Fsp3) is 0.429. The summed E-state index contributed by atoms with van der Waals surface area (Å²) in [6.45, 7) is 3.14. The van der Waals surface area contributed by atoms with Gasteiger partial charge >= 0.3 is 0 Å². The van der Waals surface area contributed by atoms with Gasteiger partial charge in [-0.05, 0) is 13.8 Å². The molecule has 0 aliphatic heterocycles. The van der Waals surface area contributed by atoms with Gasteiger partial charge in [0.1, 0.15) is 6.61 Å². The van der Waals surface area contributed by atoms with Crippen LogP contribution in [0.25, 0.3) is 0 Å². The fourth-order valence-corrected chi connectivity index (χ4v) is 1.02. The fourth-order valence-electron chi connectivity index (χ4n) is 0.390. The molecule has 0 saturated heterocycles. The Kier molecular flexibility index (Phi) is 4.59. The maximum Gasteiger partial charge on any atom is 0.290 e. The van der Waals surface area contributed by atoms with Crippen molar-refractivity contribution in [3.63, 3.8) is 0 Å². The van der Waals surface area contributed by atoms with Crippen LogP contribution in [0.4, 0.5) is 0 Å². The van der Waals surface area contributed by atoms with Crippen LogP contribution in [0.2, 0.25) is 0 Å². The van der Waals surface area contributed by atoms with Gasteiger partial charge in [-0.2, -0.15) is 8.42 Å². The lowest BCUT2D eigenvalue weighted by atomic mass is 10.6. The van der Waals surface area contributed by atoms with Gasteiger partial charge in [0.05, 0.1) is 5.41 Å². The van der Waals surface area contributed by atoms with Gasteiger partial charge in [-0.25, -0.2) is 0 Å². The highest BCUT2D eigenvalue weighted by Crippen LogP contribution is 1.93. The molecule has 0 fully saturated rings. The minimum atomic E-state index is -3.49. The van der Waals surface area contributed by atoms with Crippen molar-refractivity contribution in [2.24, 2.45) is 0 Å². The van der Waals surface area contributed by atoms with Crippen LogP contribution in [0.1, 0.15) is 13.8 Å². The Bertz CT molecular complexity index is 277. The smallest absolute Gasteiger partial charge is 0.254 e. The van der Waals surface area contributed by atoms with Gasteiger partial charge in [-0.1, -0.05) is 12.0 Å². The van der Waals surface area contributed by atoms with Crippen LogP contribution in [-0.4, -0.2) is 15.0 Å². The predicted molar refractivity (Wildman–Crippen MR) is 43.1 cm³/mol. The third kappa shape index (κ3) is 5.64. The molecule has 0 saturated carbocycles. The van der Waals surface area contributed by atoms with Crippen LogP contribution in [0, 0.1) is 11.8 Å². The van der Waals surface area contributed by atoms with Gasteiger partial charge in [0.25, 0.3) is 10.1 Å². The van der Waals surface area contributed by atoms with Gasteiger partial charge in [0, 0.05) is 0 Å². The Hall–Kier alpha value is -0.790. The molecular formula is C7H10O3S. The molecular weight excluding hydrogens is 164 g/mol. The maximum absolute atomic E-state index is 10.7. The first kappa shape index (κ1) is 10.2. The van der Waals surface area contributed by atoms with Crippen molar-refractivity contribution in [2.75, 3.05) is 6.61 Å². The van der Waals surface area contributed by atoms with E-state index < -0.39 is 10.1 Å². The molecule has 62 valence electrons. The third-order valence-corrected chi connectivity index (χ3v) is 1.83. The van der Waals surface area contributed by atoms with Crippen LogP contribution < -0.4 is 0 Å². The Labute approximate surface area is 67.2 Å². The summed E-state index contributed by atoms with van der Waals surface area (Å²) in [4.78, 5) is 0. The van der Waals surface area contributed by atoms with Crippen LogP contribution in [0.15, 0.2) is 11.5 Å². The molecule has 4 heteroatoms. The molecule has 0 N–H and O–H groups in total. The van der Waals surface area contributed by atoms with Crippen LogP contribution >= 0.6 is 0 Å². The number of allylic oxidation sites excluding steroid dienone is 1. The molecule has 3 nitrogen and oxygen atoms in total. The summed E-state index contributed by atoms with van der Waals surface area (Å²) in [6, 6.07) is 0. The lowest BCUT2D eigenvalue weighted by Gasteiger charge is -1.93. The largest absolute Gasteiger partial charge is 0.290 e. The van der Waals surface area contributed by atoms with E-state index in [-0.39, 0.29) is 6.61 Å². The maximum atomic E-state index is 10.7. The van der Waals surface area contributed by atoms with E-state index in [4.69, 9.17) is 0 Å². The molecule has 0 aliphatic rings. The standard InChI is InChI=1S/C7H10O3S/c1-3-5-6-10-11(8,9)7-4-2/h4,7H,6H2,1-2H3/b7-4+. The minimum Gasteiger partial charge on any atom is -0.254 e. The molecule has 0 amide bonds. The van der Waals surface area contributed by atoms with Crippen molar-refractivity contribution in [3.8, 4) is 11.8 Å². The summed E-state index contributed by atoms with van der Waals surface area (Å²) in [5, 5.41) is 0.990. The highest BCUT2D eigenvalue weighted by atomic mass is 32.2. The van der Waals surface area contributed by atoms with Crippen LogP contribution in [0.3, 0.4) is 0 Å². The quantitative estimate of drug-likeness (QED) is 0.471. The molecule has 11 heavy (non-hydrogen) atoms. The molecule has 0 aromatic rings.